The van der Waals surface area contributed by atoms with Gasteiger partial charge in [-0.1, -0.05) is 23.4 Å². The molecule has 4 nitrogen and oxygen atoms in total. The summed E-state index contributed by atoms with van der Waals surface area (Å²) in [5, 5.41) is 18.4. The summed E-state index contributed by atoms with van der Waals surface area (Å²) in [5.74, 6) is 0. The van der Waals surface area contributed by atoms with Crippen LogP contribution in [0.1, 0.15) is 5.56 Å². The molecule has 0 amide bonds. The fraction of sp³-hybridized carbons (Fsp3) is 0.333. The molecule has 0 spiro atoms. The summed E-state index contributed by atoms with van der Waals surface area (Å²) in [6.45, 7) is -0.0113. The van der Waals surface area contributed by atoms with E-state index < -0.39 is 0 Å². The van der Waals surface area contributed by atoms with E-state index in [4.69, 9.17) is 5.11 Å². The van der Waals surface area contributed by atoms with Crippen LogP contribution in [0.2, 0.25) is 0 Å². The van der Waals surface area contributed by atoms with E-state index in [2.05, 4.69) is 10.3 Å². The van der Waals surface area contributed by atoms with Gasteiger partial charge in [-0.15, -0.1) is 5.11 Å². The maximum absolute atomic E-state index is 8.97. The van der Waals surface area contributed by atoms with Gasteiger partial charge < -0.3 is 5.11 Å². The predicted molar refractivity (Wildman–Crippen MR) is 50.6 cm³/mol. The van der Waals surface area contributed by atoms with Crippen molar-refractivity contribution in [2.45, 2.75) is 6.61 Å². The second-order valence-corrected chi connectivity index (χ2v) is 2.82. The van der Waals surface area contributed by atoms with Crippen molar-refractivity contribution in [3.63, 3.8) is 0 Å². The third-order valence-corrected chi connectivity index (χ3v) is 1.49. The molecule has 0 aliphatic rings. The highest BCUT2D eigenvalue weighted by atomic mass is 16.3. The monoisotopic (exact) mass is 179 g/mol. The molecular weight excluding hydrogens is 166 g/mol. The van der Waals surface area contributed by atoms with E-state index in [-0.39, 0.29) is 6.61 Å². The molecule has 0 aliphatic carbocycles. The smallest absolute Gasteiger partial charge is 0.0929 e. The van der Waals surface area contributed by atoms with Crippen LogP contribution in [0.4, 0.5) is 5.69 Å². The van der Waals surface area contributed by atoms with Gasteiger partial charge in [-0.3, -0.25) is 5.01 Å². The summed E-state index contributed by atoms with van der Waals surface area (Å²) in [6.07, 6.45) is 0. The Bertz CT molecular complexity index is 297. The standard InChI is InChI=1S/C9H13N3O/c1-12(2)11-10-9-6-4-3-5-8(9)7-13/h3-6,13H,7H2,1-2H3. The normalized spacial score (nSPS) is 10.7. The molecule has 1 rings (SSSR count). The molecule has 0 aromatic heterocycles. The van der Waals surface area contributed by atoms with Crippen LogP contribution in [0.5, 0.6) is 0 Å². The second-order valence-electron chi connectivity index (χ2n) is 2.82. The van der Waals surface area contributed by atoms with Gasteiger partial charge in [0.1, 0.15) is 0 Å². The molecule has 4 heteroatoms. The third kappa shape index (κ3) is 2.83. The second kappa shape index (κ2) is 4.57. The van der Waals surface area contributed by atoms with Crippen LogP contribution in [0.15, 0.2) is 34.6 Å². The number of hydrogen-bond donors (Lipinski definition) is 1. The number of benzene rings is 1. The van der Waals surface area contributed by atoms with E-state index in [1.54, 1.807) is 19.1 Å². The Morgan fingerprint density at radius 1 is 1.31 bits per heavy atom. The lowest BCUT2D eigenvalue weighted by Crippen LogP contribution is -1.99. The van der Waals surface area contributed by atoms with Crippen molar-refractivity contribution in [3.8, 4) is 0 Å². The van der Waals surface area contributed by atoms with E-state index in [1.165, 1.54) is 0 Å². The van der Waals surface area contributed by atoms with E-state index in [1.807, 2.05) is 24.3 Å². The van der Waals surface area contributed by atoms with Gasteiger partial charge in [0.05, 0.1) is 12.3 Å². The average molecular weight is 179 g/mol. The van der Waals surface area contributed by atoms with Gasteiger partial charge in [0.2, 0.25) is 0 Å². The molecule has 0 heterocycles. The minimum absolute atomic E-state index is 0.0113. The van der Waals surface area contributed by atoms with Crippen molar-refractivity contribution in [2.24, 2.45) is 10.3 Å². The summed E-state index contributed by atoms with van der Waals surface area (Å²) in [7, 11) is 3.59. The van der Waals surface area contributed by atoms with Crippen LogP contribution < -0.4 is 0 Å². The Balaban J connectivity index is 2.87. The predicted octanol–water partition coefficient (Wildman–Crippen LogP) is 1.74. The Morgan fingerprint density at radius 2 is 2.00 bits per heavy atom. The van der Waals surface area contributed by atoms with Crippen LogP contribution in [-0.4, -0.2) is 24.2 Å². The SMILES string of the molecule is CN(C)N=Nc1ccccc1CO. The molecule has 1 N–H and O–H groups in total. The van der Waals surface area contributed by atoms with Gasteiger partial charge in [0.15, 0.2) is 0 Å². The maximum atomic E-state index is 8.97. The van der Waals surface area contributed by atoms with Crippen molar-refractivity contribution < 1.29 is 5.11 Å². The lowest BCUT2D eigenvalue weighted by Gasteiger charge is -2.03. The largest absolute Gasteiger partial charge is 0.392 e. The molecule has 0 atom stereocenters. The zero-order chi connectivity index (χ0) is 9.68. The molecule has 0 unspecified atom stereocenters. The zero-order valence-electron chi connectivity index (χ0n) is 7.81. The maximum Gasteiger partial charge on any atom is 0.0929 e. The lowest BCUT2D eigenvalue weighted by molar-refractivity contribution is 0.282. The van der Waals surface area contributed by atoms with Crippen molar-refractivity contribution in [1.82, 2.24) is 5.01 Å². The van der Waals surface area contributed by atoms with Crippen molar-refractivity contribution in [1.29, 1.82) is 0 Å². The molecule has 70 valence electrons. The summed E-state index contributed by atoms with van der Waals surface area (Å²) in [4.78, 5) is 0. The minimum atomic E-state index is -0.0113. The van der Waals surface area contributed by atoms with Crippen LogP contribution >= 0.6 is 0 Å². The summed E-state index contributed by atoms with van der Waals surface area (Å²) in [6, 6.07) is 7.37. The highest BCUT2D eigenvalue weighted by molar-refractivity contribution is 5.44. The molecule has 0 fully saturated rings. The highest BCUT2D eigenvalue weighted by Gasteiger charge is 1.97. The molecule has 1 aromatic rings. The molecule has 0 saturated heterocycles. The van der Waals surface area contributed by atoms with Gasteiger partial charge in [-0.2, -0.15) is 0 Å². The van der Waals surface area contributed by atoms with Crippen molar-refractivity contribution in [3.05, 3.63) is 29.8 Å². The minimum Gasteiger partial charge on any atom is -0.392 e. The number of aliphatic hydroxyl groups is 1. The molecule has 0 aliphatic heterocycles. The Hall–Kier alpha value is -1.42. The first-order valence-corrected chi connectivity index (χ1v) is 4.02. The van der Waals surface area contributed by atoms with E-state index in [0.717, 1.165) is 5.56 Å². The summed E-state index contributed by atoms with van der Waals surface area (Å²) < 4.78 is 0. The van der Waals surface area contributed by atoms with Crippen molar-refractivity contribution in [2.75, 3.05) is 14.1 Å². The van der Waals surface area contributed by atoms with Gasteiger partial charge in [-0.05, 0) is 6.07 Å². The topological polar surface area (TPSA) is 48.2 Å². The average Bonchev–Trinajstić information content (AvgIpc) is 2.15. The molecule has 0 bridgehead atoms. The highest BCUT2D eigenvalue weighted by Crippen LogP contribution is 2.18. The molecular formula is C9H13N3O. The van der Waals surface area contributed by atoms with Crippen LogP contribution in [-0.2, 0) is 6.61 Å². The first-order chi connectivity index (χ1) is 6.24. The van der Waals surface area contributed by atoms with Gasteiger partial charge >= 0.3 is 0 Å². The summed E-state index contributed by atoms with van der Waals surface area (Å²) >= 11 is 0. The first kappa shape index (κ1) is 9.67. The fourth-order valence-electron chi connectivity index (χ4n) is 0.880. The Labute approximate surface area is 77.5 Å². The van der Waals surface area contributed by atoms with E-state index in [0.29, 0.717) is 5.69 Å². The van der Waals surface area contributed by atoms with Gasteiger partial charge in [0, 0.05) is 19.7 Å². The number of rotatable bonds is 3. The van der Waals surface area contributed by atoms with Gasteiger partial charge in [-0.25, -0.2) is 0 Å². The van der Waals surface area contributed by atoms with Crippen LogP contribution in [0.3, 0.4) is 0 Å². The van der Waals surface area contributed by atoms with E-state index >= 15 is 0 Å². The quantitative estimate of drug-likeness (QED) is 0.567. The number of hydrogen-bond acceptors (Lipinski definition) is 3. The van der Waals surface area contributed by atoms with Gasteiger partial charge in [0.25, 0.3) is 0 Å². The lowest BCUT2D eigenvalue weighted by atomic mass is 10.2. The number of nitrogens with zero attached hydrogens (tertiary/aromatic N) is 3. The Kier molecular flexibility index (Phi) is 3.40. The van der Waals surface area contributed by atoms with E-state index in [9.17, 15) is 0 Å². The summed E-state index contributed by atoms with van der Waals surface area (Å²) in [5.41, 5.74) is 1.49. The molecule has 1 aromatic carbocycles. The third-order valence-electron chi connectivity index (χ3n) is 1.49. The molecule has 13 heavy (non-hydrogen) atoms. The fourth-order valence-corrected chi connectivity index (χ4v) is 0.880. The molecule has 0 radical (unpaired) electrons. The van der Waals surface area contributed by atoms with Crippen LogP contribution in [0, 0.1) is 0 Å². The first-order valence-electron chi connectivity index (χ1n) is 4.02. The van der Waals surface area contributed by atoms with Crippen LogP contribution in [0.25, 0.3) is 0 Å². The van der Waals surface area contributed by atoms with Crippen molar-refractivity contribution >= 4 is 5.69 Å². The number of aliphatic hydroxyl groups excluding tert-OH is 1. The molecule has 0 saturated carbocycles. The Morgan fingerprint density at radius 3 is 2.62 bits per heavy atom. The zero-order valence-corrected chi connectivity index (χ0v) is 7.81.